The molecule has 0 unspecified atom stereocenters. The van der Waals surface area contributed by atoms with Crippen molar-refractivity contribution in [3.05, 3.63) is 35.9 Å². The average molecular weight is 365 g/mol. The standard InChI is InChI=1S/C19H27NO6/c1-18(2,3)26-17(23)20-19(13-21,11-10-16(22)24-4)14-25-12-15-8-6-5-7-9-15/h5-9,13H,10-12,14H2,1-4H3,(H,20,23)/t19-/m0/s1. The molecule has 7 heteroatoms. The largest absolute Gasteiger partial charge is 0.469 e. The summed E-state index contributed by atoms with van der Waals surface area (Å²) in [5.74, 6) is -0.481. The van der Waals surface area contributed by atoms with Gasteiger partial charge in [0.1, 0.15) is 17.4 Å². The third-order valence-electron chi connectivity index (χ3n) is 3.45. The van der Waals surface area contributed by atoms with Gasteiger partial charge in [-0.05, 0) is 32.8 Å². The number of amides is 1. The van der Waals surface area contributed by atoms with Gasteiger partial charge in [-0.1, -0.05) is 30.3 Å². The van der Waals surface area contributed by atoms with Gasteiger partial charge in [0.2, 0.25) is 0 Å². The van der Waals surface area contributed by atoms with Crippen LogP contribution in [0.25, 0.3) is 0 Å². The lowest BCUT2D eigenvalue weighted by atomic mass is 9.96. The smallest absolute Gasteiger partial charge is 0.408 e. The lowest BCUT2D eigenvalue weighted by molar-refractivity contribution is -0.141. The molecule has 0 radical (unpaired) electrons. The molecule has 1 rings (SSSR count). The third kappa shape index (κ3) is 8.11. The van der Waals surface area contributed by atoms with Crippen molar-refractivity contribution in [2.45, 2.75) is 51.4 Å². The number of hydrogen-bond donors (Lipinski definition) is 1. The third-order valence-corrected chi connectivity index (χ3v) is 3.45. The minimum Gasteiger partial charge on any atom is -0.469 e. The molecule has 7 nitrogen and oxygen atoms in total. The number of aldehydes is 1. The van der Waals surface area contributed by atoms with Gasteiger partial charge in [0, 0.05) is 6.42 Å². The molecule has 1 N–H and O–H groups in total. The fourth-order valence-electron chi connectivity index (χ4n) is 2.15. The van der Waals surface area contributed by atoms with Crippen LogP contribution in [-0.2, 0) is 30.4 Å². The van der Waals surface area contributed by atoms with E-state index in [0.29, 0.717) is 6.29 Å². The minimum atomic E-state index is -1.38. The molecule has 0 aromatic heterocycles. The Kier molecular flexibility index (Phi) is 8.25. The summed E-state index contributed by atoms with van der Waals surface area (Å²) >= 11 is 0. The minimum absolute atomic E-state index is 0.0389. The number of esters is 1. The highest BCUT2D eigenvalue weighted by molar-refractivity contribution is 5.78. The Morgan fingerprint density at radius 2 is 1.81 bits per heavy atom. The van der Waals surface area contributed by atoms with Crippen molar-refractivity contribution in [1.82, 2.24) is 5.32 Å². The first kappa shape index (κ1) is 21.6. The van der Waals surface area contributed by atoms with Crippen LogP contribution in [-0.4, -0.2) is 43.2 Å². The number of hydrogen-bond acceptors (Lipinski definition) is 6. The van der Waals surface area contributed by atoms with Gasteiger partial charge >= 0.3 is 12.1 Å². The molecule has 0 heterocycles. The molecule has 0 bridgehead atoms. The highest BCUT2D eigenvalue weighted by Gasteiger charge is 2.34. The molecule has 1 atom stereocenters. The summed E-state index contributed by atoms with van der Waals surface area (Å²) in [7, 11) is 1.26. The monoisotopic (exact) mass is 365 g/mol. The normalized spacial score (nSPS) is 13.4. The summed E-state index contributed by atoms with van der Waals surface area (Å²) < 4.78 is 15.4. The molecule has 0 saturated heterocycles. The van der Waals surface area contributed by atoms with Crippen LogP contribution >= 0.6 is 0 Å². The van der Waals surface area contributed by atoms with Crippen LogP contribution < -0.4 is 5.32 Å². The van der Waals surface area contributed by atoms with Gasteiger partial charge in [0.25, 0.3) is 0 Å². The maximum atomic E-state index is 12.1. The maximum absolute atomic E-state index is 12.1. The van der Waals surface area contributed by atoms with Gasteiger partial charge in [0.05, 0.1) is 20.3 Å². The first-order chi connectivity index (χ1) is 12.2. The number of benzene rings is 1. The summed E-state index contributed by atoms with van der Waals surface area (Å²) in [5, 5.41) is 2.54. The number of ether oxygens (including phenoxy) is 3. The quantitative estimate of drug-likeness (QED) is 0.534. The maximum Gasteiger partial charge on any atom is 0.408 e. The molecule has 0 aliphatic carbocycles. The Morgan fingerprint density at radius 1 is 1.15 bits per heavy atom. The molecule has 26 heavy (non-hydrogen) atoms. The Morgan fingerprint density at radius 3 is 2.35 bits per heavy atom. The number of rotatable bonds is 9. The van der Waals surface area contributed by atoms with E-state index in [-0.39, 0.29) is 26.1 Å². The van der Waals surface area contributed by atoms with Gasteiger partial charge in [0.15, 0.2) is 0 Å². The van der Waals surface area contributed by atoms with Gasteiger partial charge in [-0.15, -0.1) is 0 Å². The van der Waals surface area contributed by atoms with Gasteiger partial charge < -0.3 is 24.3 Å². The summed E-state index contributed by atoms with van der Waals surface area (Å²) in [6.07, 6.45) is -0.181. The van der Waals surface area contributed by atoms with Crippen LogP contribution in [0.2, 0.25) is 0 Å². The summed E-state index contributed by atoms with van der Waals surface area (Å²) in [6.45, 7) is 5.33. The molecule has 1 amide bonds. The predicted molar refractivity (Wildman–Crippen MR) is 95.5 cm³/mol. The molecule has 0 aliphatic heterocycles. The number of carbonyl (C=O) groups is 3. The van der Waals surface area contributed by atoms with Gasteiger partial charge in [-0.25, -0.2) is 4.79 Å². The number of carbonyl (C=O) groups excluding carboxylic acids is 3. The highest BCUT2D eigenvalue weighted by Crippen LogP contribution is 2.16. The summed E-state index contributed by atoms with van der Waals surface area (Å²) in [4.78, 5) is 35.3. The first-order valence-corrected chi connectivity index (χ1v) is 8.36. The van der Waals surface area contributed by atoms with Crippen molar-refractivity contribution in [1.29, 1.82) is 0 Å². The Labute approximate surface area is 154 Å². The van der Waals surface area contributed by atoms with Crippen molar-refractivity contribution in [3.8, 4) is 0 Å². The lowest BCUT2D eigenvalue weighted by Crippen LogP contribution is -2.54. The van der Waals surface area contributed by atoms with E-state index in [2.05, 4.69) is 10.1 Å². The molecular formula is C19H27NO6. The molecule has 1 aromatic rings. The van der Waals surface area contributed by atoms with E-state index in [1.807, 2.05) is 30.3 Å². The zero-order valence-electron chi connectivity index (χ0n) is 15.7. The van der Waals surface area contributed by atoms with Gasteiger partial charge in [-0.2, -0.15) is 0 Å². The van der Waals surface area contributed by atoms with E-state index in [1.165, 1.54) is 7.11 Å². The van der Waals surface area contributed by atoms with E-state index < -0.39 is 23.2 Å². The molecule has 0 spiro atoms. The van der Waals surface area contributed by atoms with Crippen LogP contribution in [0, 0.1) is 0 Å². The average Bonchev–Trinajstić information content (AvgIpc) is 2.58. The lowest BCUT2D eigenvalue weighted by Gasteiger charge is -2.30. The second-order valence-corrected chi connectivity index (χ2v) is 6.96. The van der Waals surface area contributed by atoms with E-state index in [9.17, 15) is 14.4 Å². The Bertz CT molecular complexity index is 596. The van der Waals surface area contributed by atoms with E-state index in [0.717, 1.165) is 5.56 Å². The van der Waals surface area contributed by atoms with E-state index in [1.54, 1.807) is 20.8 Å². The van der Waals surface area contributed by atoms with Crippen molar-refractivity contribution in [3.63, 3.8) is 0 Å². The van der Waals surface area contributed by atoms with Crippen molar-refractivity contribution >= 4 is 18.3 Å². The number of methoxy groups -OCH3 is 1. The number of alkyl carbamates (subject to hydrolysis) is 1. The molecule has 144 valence electrons. The Balaban J connectivity index is 2.78. The summed E-state index contributed by atoms with van der Waals surface area (Å²) in [6, 6.07) is 9.42. The predicted octanol–water partition coefficient (Wildman–Crippen LogP) is 2.62. The van der Waals surface area contributed by atoms with Crippen LogP contribution in [0.3, 0.4) is 0 Å². The second-order valence-electron chi connectivity index (χ2n) is 6.96. The highest BCUT2D eigenvalue weighted by atomic mass is 16.6. The fraction of sp³-hybridized carbons (Fsp3) is 0.526. The SMILES string of the molecule is COC(=O)CC[C@](C=O)(COCc1ccccc1)NC(=O)OC(C)(C)C. The zero-order chi connectivity index (χ0) is 19.6. The zero-order valence-corrected chi connectivity index (χ0v) is 15.7. The second kappa shape index (κ2) is 9.91. The number of nitrogens with one attached hydrogen (secondary N) is 1. The Hall–Kier alpha value is -2.41. The van der Waals surface area contributed by atoms with Crippen LogP contribution in [0.1, 0.15) is 39.2 Å². The van der Waals surface area contributed by atoms with Gasteiger partial charge in [-0.3, -0.25) is 4.79 Å². The van der Waals surface area contributed by atoms with Crippen molar-refractivity contribution in [2.24, 2.45) is 0 Å². The van der Waals surface area contributed by atoms with Crippen LogP contribution in [0.4, 0.5) is 4.79 Å². The molecule has 0 saturated carbocycles. The molecule has 0 fully saturated rings. The molecule has 0 aliphatic rings. The van der Waals surface area contributed by atoms with E-state index in [4.69, 9.17) is 9.47 Å². The first-order valence-electron chi connectivity index (χ1n) is 8.36. The van der Waals surface area contributed by atoms with Crippen LogP contribution in [0.15, 0.2) is 30.3 Å². The van der Waals surface area contributed by atoms with Crippen LogP contribution in [0.5, 0.6) is 0 Å². The fourth-order valence-corrected chi connectivity index (χ4v) is 2.15. The van der Waals surface area contributed by atoms with Crippen molar-refractivity contribution < 1.29 is 28.6 Å². The molecular weight excluding hydrogens is 338 g/mol. The molecule has 1 aromatic carbocycles. The topological polar surface area (TPSA) is 90.9 Å². The van der Waals surface area contributed by atoms with Crippen molar-refractivity contribution in [2.75, 3.05) is 13.7 Å². The summed E-state index contributed by atoms with van der Waals surface area (Å²) in [5.41, 5.74) is -1.17. The van der Waals surface area contributed by atoms with E-state index >= 15 is 0 Å².